The van der Waals surface area contributed by atoms with Crippen LogP contribution in [0.3, 0.4) is 0 Å². The van der Waals surface area contributed by atoms with Crippen LogP contribution in [-0.2, 0) is 20.8 Å². The van der Waals surface area contributed by atoms with Crippen LogP contribution < -0.4 is 5.32 Å². The Bertz CT molecular complexity index is 920. The lowest BCUT2D eigenvalue weighted by Crippen LogP contribution is -2.46. The molecule has 0 aliphatic carbocycles. The Hall–Kier alpha value is -2.46. The van der Waals surface area contributed by atoms with E-state index >= 15 is 0 Å². The standard InChI is InChI=1S/C19H19Cl2F3N2O5/c1-9(2-3-10-4-5-12(20)13(21)6-10)25-16(28)11-8-26(17(29)15(11)27)14(18(30)31)7-19(22,23)24/h4-6,9,14,27H,2-3,7-8H2,1H3,(H,25,28)(H,30,31). The van der Waals surface area contributed by atoms with E-state index in [0.717, 1.165) is 5.56 Å². The smallest absolute Gasteiger partial charge is 0.391 e. The fraction of sp³-hybridized carbons (Fsp3) is 0.421. The average molecular weight is 483 g/mol. The van der Waals surface area contributed by atoms with E-state index in [9.17, 15) is 32.7 Å². The first-order chi connectivity index (χ1) is 14.3. The first-order valence-corrected chi connectivity index (χ1v) is 9.83. The number of aliphatic carboxylic acids is 1. The summed E-state index contributed by atoms with van der Waals surface area (Å²) in [5.74, 6) is -5.17. The number of carboxylic acid groups (broad SMARTS) is 1. The Morgan fingerprint density at radius 3 is 2.45 bits per heavy atom. The summed E-state index contributed by atoms with van der Waals surface area (Å²) >= 11 is 11.8. The van der Waals surface area contributed by atoms with Gasteiger partial charge in [0.25, 0.3) is 11.8 Å². The lowest BCUT2D eigenvalue weighted by atomic mass is 10.1. The molecule has 0 saturated carbocycles. The van der Waals surface area contributed by atoms with Gasteiger partial charge in [0.2, 0.25) is 0 Å². The summed E-state index contributed by atoms with van der Waals surface area (Å²) in [4.78, 5) is 36.1. The SMILES string of the molecule is CC(CCc1ccc(Cl)c(Cl)c1)NC(=O)C1=C(O)C(=O)N(C(CC(F)(F)F)C(=O)O)C1. The van der Waals surface area contributed by atoms with E-state index in [-0.39, 0.29) is 0 Å². The van der Waals surface area contributed by atoms with Crippen LogP contribution in [0.15, 0.2) is 29.5 Å². The van der Waals surface area contributed by atoms with Crippen LogP contribution in [-0.4, -0.2) is 57.7 Å². The lowest BCUT2D eigenvalue weighted by molar-refractivity contribution is -0.169. The second kappa shape index (κ2) is 9.78. The van der Waals surface area contributed by atoms with Gasteiger partial charge in [-0.05, 0) is 37.5 Å². The molecule has 0 saturated heterocycles. The van der Waals surface area contributed by atoms with Gasteiger partial charge in [-0.15, -0.1) is 0 Å². The second-order valence-electron chi connectivity index (χ2n) is 7.10. The summed E-state index contributed by atoms with van der Waals surface area (Å²) in [6, 6.07) is 2.37. The molecule has 3 N–H and O–H groups in total. The highest BCUT2D eigenvalue weighted by Gasteiger charge is 2.45. The van der Waals surface area contributed by atoms with Crippen molar-refractivity contribution in [3.8, 4) is 0 Å². The fourth-order valence-corrected chi connectivity index (χ4v) is 3.35. The highest BCUT2D eigenvalue weighted by molar-refractivity contribution is 6.42. The van der Waals surface area contributed by atoms with Gasteiger partial charge in [0.15, 0.2) is 5.76 Å². The molecular weight excluding hydrogens is 464 g/mol. The number of hydrogen-bond donors (Lipinski definition) is 3. The minimum atomic E-state index is -4.86. The molecule has 31 heavy (non-hydrogen) atoms. The molecular formula is C19H19Cl2F3N2O5. The monoisotopic (exact) mass is 482 g/mol. The molecule has 170 valence electrons. The quantitative estimate of drug-likeness (QED) is 0.525. The maximum Gasteiger partial charge on any atom is 0.391 e. The summed E-state index contributed by atoms with van der Waals surface area (Å²) in [5, 5.41) is 22.3. The zero-order valence-electron chi connectivity index (χ0n) is 16.2. The van der Waals surface area contributed by atoms with Gasteiger partial charge in [0.1, 0.15) is 6.04 Å². The summed E-state index contributed by atoms with van der Waals surface area (Å²) in [6.45, 7) is 0.911. The van der Waals surface area contributed by atoms with E-state index in [0.29, 0.717) is 27.8 Å². The van der Waals surface area contributed by atoms with E-state index in [1.807, 2.05) is 0 Å². The molecule has 1 aromatic rings. The zero-order chi connectivity index (χ0) is 23.5. The van der Waals surface area contributed by atoms with Crippen molar-refractivity contribution >= 4 is 41.0 Å². The van der Waals surface area contributed by atoms with Crippen molar-refractivity contribution in [3.63, 3.8) is 0 Å². The number of aliphatic hydroxyl groups excluding tert-OH is 1. The van der Waals surface area contributed by atoms with Crippen LogP contribution in [0.2, 0.25) is 10.0 Å². The molecule has 1 aliphatic rings. The van der Waals surface area contributed by atoms with Crippen molar-refractivity contribution in [1.29, 1.82) is 0 Å². The third kappa shape index (κ3) is 6.51. The van der Waals surface area contributed by atoms with E-state index in [4.69, 9.17) is 28.3 Å². The third-order valence-electron chi connectivity index (χ3n) is 4.67. The highest BCUT2D eigenvalue weighted by Crippen LogP contribution is 2.28. The van der Waals surface area contributed by atoms with E-state index < -0.39 is 60.3 Å². The molecule has 12 heteroatoms. The summed E-state index contributed by atoms with van der Waals surface area (Å²) < 4.78 is 38.0. The van der Waals surface area contributed by atoms with Crippen LogP contribution in [0.5, 0.6) is 0 Å². The molecule has 1 aromatic carbocycles. The number of carbonyl (C=O) groups excluding carboxylic acids is 2. The Morgan fingerprint density at radius 2 is 1.90 bits per heavy atom. The number of rotatable bonds is 8. The second-order valence-corrected chi connectivity index (χ2v) is 7.91. The Labute approximate surface area is 185 Å². The van der Waals surface area contributed by atoms with E-state index in [1.54, 1.807) is 25.1 Å². The molecule has 1 aliphatic heterocycles. The van der Waals surface area contributed by atoms with Crippen LogP contribution in [0.4, 0.5) is 13.2 Å². The predicted molar refractivity (Wildman–Crippen MR) is 106 cm³/mol. The predicted octanol–water partition coefficient (Wildman–Crippen LogP) is 3.49. The first kappa shape index (κ1) is 24.8. The Kier molecular flexibility index (Phi) is 7.82. The van der Waals surface area contributed by atoms with Gasteiger partial charge in [-0.25, -0.2) is 4.79 Å². The largest absolute Gasteiger partial charge is 0.503 e. The first-order valence-electron chi connectivity index (χ1n) is 9.07. The molecule has 0 aromatic heterocycles. The van der Waals surface area contributed by atoms with Crippen molar-refractivity contribution in [1.82, 2.24) is 10.2 Å². The molecule has 0 spiro atoms. The van der Waals surface area contributed by atoms with Gasteiger partial charge >= 0.3 is 12.1 Å². The van der Waals surface area contributed by atoms with Gasteiger partial charge in [-0.2, -0.15) is 13.2 Å². The minimum Gasteiger partial charge on any atom is -0.503 e. The molecule has 0 bridgehead atoms. The number of carbonyl (C=O) groups is 3. The Morgan fingerprint density at radius 1 is 1.26 bits per heavy atom. The van der Waals surface area contributed by atoms with Crippen LogP contribution in [0.1, 0.15) is 25.3 Å². The number of nitrogens with zero attached hydrogens (tertiary/aromatic N) is 1. The van der Waals surface area contributed by atoms with Crippen molar-refractivity contribution in [2.75, 3.05) is 6.54 Å². The number of aliphatic hydroxyl groups is 1. The van der Waals surface area contributed by atoms with Crippen molar-refractivity contribution in [2.24, 2.45) is 0 Å². The number of alkyl halides is 3. The number of carboxylic acids is 1. The molecule has 7 nitrogen and oxygen atoms in total. The number of nitrogens with one attached hydrogen (secondary N) is 1. The average Bonchev–Trinajstić information content (AvgIpc) is 2.95. The zero-order valence-corrected chi connectivity index (χ0v) is 17.7. The van der Waals surface area contributed by atoms with Crippen LogP contribution >= 0.6 is 23.2 Å². The van der Waals surface area contributed by atoms with Crippen LogP contribution in [0.25, 0.3) is 0 Å². The summed E-state index contributed by atoms with van der Waals surface area (Å²) in [5.41, 5.74) is 0.371. The fourth-order valence-electron chi connectivity index (χ4n) is 3.02. The normalized spacial score (nSPS) is 16.5. The van der Waals surface area contributed by atoms with Gasteiger partial charge in [0, 0.05) is 6.04 Å². The van der Waals surface area contributed by atoms with Crippen molar-refractivity contribution in [2.45, 2.75) is 44.4 Å². The molecule has 2 atom stereocenters. The number of amides is 2. The highest BCUT2D eigenvalue weighted by atomic mass is 35.5. The molecule has 2 unspecified atom stereocenters. The van der Waals surface area contributed by atoms with Crippen molar-refractivity contribution in [3.05, 3.63) is 45.1 Å². The Balaban J connectivity index is 2.01. The van der Waals surface area contributed by atoms with E-state index in [1.165, 1.54) is 0 Å². The van der Waals surface area contributed by atoms with Crippen LogP contribution in [0, 0.1) is 0 Å². The van der Waals surface area contributed by atoms with Gasteiger partial charge < -0.3 is 20.4 Å². The summed E-state index contributed by atoms with van der Waals surface area (Å²) in [7, 11) is 0. The van der Waals surface area contributed by atoms with E-state index in [2.05, 4.69) is 5.32 Å². The molecule has 0 radical (unpaired) electrons. The molecule has 2 amide bonds. The molecule has 1 heterocycles. The summed E-state index contributed by atoms with van der Waals surface area (Å²) in [6.07, 6.45) is -5.71. The van der Waals surface area contributed by atoms with Gasteiger partial charge in [-0.1, -0.05) is 29.3 Å². The maximum absolute atomic E-state index is 12.7. The topological polar surface area (TPSA) is 107 Å². The third-order valence-corrected chi connectivity index (χ3v) is 5.40. The molecule has 2 rings (SSSR count). The number of hydrogen-bond acceptors (Lipinski definition) is 4. The minimum absolute atomic E-state index is 0.320. The molecule has 0 fully saturated rings. The van der Waals surface area contributed by atoms with Gasteiger partial charge in [-0.3, -0.25) is 9.59 Å². The lowest BCUT2D eigenvalue weighted by Gasteiger charge is -2.25. The number of halogens is 5. The number of aryl methyl sites for hydroxylation is 1. The van der Waals surface area contributed by atoms with Crippen molar-refractivity contribution < 1.29 is 37.8 Å². The van der Waals surface area contributed by atoms with Gasteiger partial charge in [0.05, 0.1) is 28.6 Å². The maximum atomic E-state index is 12.7. The number of benzene rings is 1.